The van der Waals surface area contributed by atoms with Gasteiger partial charge in [-0.1, -0.05) is 12.8 Å². The fourth-order valence-corrected chi connectivity index (χ4v) is 3.53. The van der Waals surface area contributed by atoms with Crippen molar-refractivity contribution in [2.24, 2.45) is 5.92 Å². The molecule has 2 aliphatic rings. The topological polar surface area (TPSA) is 79.5 Å². The summed E-state index contributed by atoms with van der Waals surface area (Å²) in [6, 6.07) is 1.98. The second-order valence-electron chi connectivity index (χ2n) is 5.54. The molecule has 2 unspecified atom stereocenters. The number of nitrogens with two attached hydrogens (primary N) is 1. The van der Waals surface area contributed by atoms with E-state index in [1.807, 2.05) is 0 Å². The number of carbonyl (C=O) groups is 1. The minimum absolute atomic E-state index is 0.228. The number of hydrogen-bond acceptors (Lipinski definition) is 4. The largest absolute Gasteiger partial charge is 0.478 e. The fraction of sp³-hybridized carbons (Fsp3) is 0.571. The third-order valence-corrected chi connectivity index (χ3v) is 4.40. The van der Waals surface area contributed by atoms with E-state index in [-0.39, 0.29) is 5.56 Å². The maximum Gasteiger partial charge on any atom is 0.339 e. The van der Waals surface area contributed by atoms with E-state index in [1.54, 1.807) is 6.20 Å². The second-order valence-corrected chi connectivity index (χ2v) is 5.54. The Kier molecular flexibility index (Phi) is 3.05. The van der Waals surface area contributed by atoms with Crippen LogP contribution in [0.5, 0.6) is 0 Å². The molecule has 0 bridgehead atoms. The molecule has 0 aromatic carbocycles. The summed E-state index contributed by atoms with van der Waals surface area (Å²) in [6.07, 6.45) is 7.65. The molecule has 0 spiro atoms. The van der Waals surface area contributed by atoms with Gasteiger partial charge in [-0.15, -0.1) is 0 Å². The van der Waals surface area contributed by atoms with Gasteiger partial charge in [-0.05, 0) is 31.2 Å². The lowest BCUT2D eigenvalue weighted by Crippen LogP contribution is -2.36. The Balaban J connectivity index is 1.95. The molecule has 102 valence electrons. The van der Waals surface area contributed by atoms with E-state index in [0.717, 1.165) is 19.4 Å². The van der Waals surface area contributed by atoms with Crippen molar-refractivity contribution in [2.75, 3.05) is 17.2 Å². The van der Waals surface area contributed by atoms with Crippen LogP contribution in [0.15, 0.2) is 12.3 Å². The summed E-state index contributed by atoms with van der Waals surface area (Å²) in [5.74, 6) is 0.347. The number of hydrogen-bond donors (Lipinski definition) is 2. The van der Waals surface area contributed by atoms with Crippen LogP contribution in [0, 0.1) is 5.92 Å². The normalized spacial score (nSPS) is 26.2. The molecule has 0 amide bonds. The summed E-state index contributed by atoms with van der Waals surface area (Å²) >= 11 is 0. The van der Waals surface area contributed by atoms with Crippen LogP contribution in [0.1, 0.15) is 42.5 Å². The van der Waals surface area contributed by atoms with Crippen LogP contribution in [-0.2, 0) is 0 Å². The van der Waals surface area contributed by atoms with Gasteiger partial charge in [-0.2, -0.15) is 0 Å². The molecule has 5 nitrogen and oxygen atoms in total. The monoisotopic (exact) mass is 261 g/mol. The van der Waals surface area contributed by atoms with Crippen LogP contribution in [0.3, 0.4) is 0 Å². The molecule has 19 heavy (non-hydrogen) atoms. The average Bonchev–Trinajstić information content (AvgIpc) is 2.82. The summed E-state index contributed by atoms with van der Waals surface area (Å²) < 4.78 is 0. The average molecular weight is 261 g/mol. The van der Waals surface area contributed by atoms with Crippen molar-refractivity contribution in [3.63, 3.8) is 0 Å². The number of nitrogens with zero attached hydrogens (tertiary/aromatic N) is 2. The van der Waals surface area contributed by atoms with Crippen LogP contribution >= 0.6 is 0 Å². The SMILES string of the molecule is Nc1cnc(N2CCC3CCCCC32)c(C(=O)O)c1. The van der Waals surface area contributed by atoms with Crippen LogP contribution < -0.4 is 10.6 Å². The zero-order valence-corrected chi connectivity index (χ0v) is 10.9. The first kappa shape index (κ1) is 12.3. The lowest BCUT2D eigenvalue weighted by atomic mass is 9.85. The van der Waals surface area contributed by atoms with Gasteiger partial charge in [0.05, 0.1) is 11.9 Å². The third kappa shape index (κ3) is 2.13. The van der Waals surface area contributed by atoms with E-state index < -0.39 is 5.97 Å². The second kappa shape index (κ2) is 4.72. The van der Waals surface area contributed by atoms with Crippen molar-refractivity contribution in [3.05, 3.63) is 17.8 Å². The van der Waals surface area contributed by atoms with Gasteiger partial charge in [0.25, 0.3) is 0 Å². The molecular weight excluding hydrogens is 242 g/mol. The Morgan fingerprint density at radius 2 is 2.16 bits per heavy atom. The van der Waals surface area contributed by atoms with Gasteiger partial charge in [-0.25, -0.2) is 9.78 Å². The van der Waals surface area contributed by atoms with E-state index in [1.165, 1.54) is 25.3 Å². The number of nitrogen functional groups attached to an aromatic ring is 1. The number of anilines is 2. The fourth-order valence-electron chi connectivity index (χ4n) is 3.53. The molecule has 1 saturated carbocycles. The van der Waals surface area contributed by atoms with Crippen LogP contribution in [0.25, 0.3) is 0 Å². The highest BCUT2D eigenvalue weighted by Crippen LogP contribution is 2.39. The summed E-state index contributed by atoms with van der Waals surface area (Å²) in [5, 5.41) is 9.32. The molecule has 1 aliphatic heterocycles. The van der Waals surface area contributed by atoms with Gasteiger partial charge >= 0.3 is 5.97 Å². The maximum atomic E-state index is 11.4. The summed E-state index contributed by atoms with van der Waals surface area (Å²) in [4.78, 5) is 17.8. The highest BCUT2D eigenvalue weighted by Gasteiger charge is 2.37. The lowest BCUT2D eigenvalue weighted by molar-refractivity contribution is 0.0697. The third-order valence-electron chi connectivity index (χ3n) is 4.40. The van der Waals surface area contributed by atoms with E-state index in [9.17, 15) is 9.90 Å². The summed E-state index contributed by atoms with van der Waals surface area (Å²) in [7, 11) is 0. The Morgan fingerprint density at radius 3 is 2.95 bits per heavy atom. The zero-order chi connectivity index (χ0) is 13.4. The summed E-state index contributed by atoms with van der Waals surface area (Å²) in [5.41, 5.74) is 6.28. The lowest BCUT2D eigenvalue weighted by Gasteiger charge is -2.33. The summed E-state index contributed by atoms with van der Waals surface area (Å²) in [6.45, 7) is 0.909. The smallest absolute Gasteiger partial charge is 0.339 e. The first-order chi connectivity index (χ1) is 9.16. The van der Waals surface area contributed by atoms with Gasteiger partial charge in [-0.3, -0.25) is 0 Å². The Bertz CT molecular complexity index is 503. The molecule has 3 N–H and O–H groups in total. The molecule has 2 atom stereocenters. The van der Waals surface area contributed by atoms with Gasteiger partial charge < -0.3 is 15.7 Å². The number of carboxylic acids is 1. The minimum Gasteiger partial charge on any atom is -0.478 e. The predicted molar refractivity (Wildman–Crippen MR) is 73.3 cm³/mol. The number of rotatable bonds is 2. The minimum atomic E-state index is -0.950. The van der Waals surface area contributed by atoms with E-state index in [0.29, 0.717) is 23.5 Å². The van der Waals surface area contributed by atoms with Crippen LogP contribution in [-0.4, -0.2) is 28.6 Å². The van der Waals surface area contributed by atoms with Gasteiger partial charge in [0.15, 0.2) is 0 Å². The standard InChI is InChI=1S/C14H19N3O2/c15-10-7-11(14(18)19)13(16-8-10)17-6-5-9-3-1-2-4-12(9)17/h7-9,12H,1-6,15H2,(H,18,19). The maximum absolute atomic E-state index is 11.4. The van der Waals surface area contributed by atoms with Crippen molar-refractivity contribution in [2.45, 2.75) is 38.1 Å². The van der Waals surface area contributed by atoms with E-state index in [2.05, 4.69) is 9.88 Å². The molecule has 2 heterocycles. The first-order valence-corrected chi connectivity index (χ1v) is 6.92. The molecule has 1 aromatic heterocycles. The molecule has 2 fully saturated rings. The van der Waals surface area contributed by atoms with Gasteiger partial charge in [0.1, 0.15) is 11.4 Å². The van der Waals surface area contributed by atoms with Crippen molar-refractivity contribution in [1.82, 2.24) is 4.98 Å². The number of carboxylic acid groups (broad SMARTS) is 1. The quantitative estimate of drug-likeness (QED) is 0.852. The van der Waals surface area contributed by atoms with Crippen LogP contribution in [0.2, 0.25) is 0 Å². The highest BCUT2D eigenvalue weighted by atomic mass is 16.4. The van der Waals surface area contributed by atoms with Crippen molar-refractivity contribution in [3.8, 4) is 0 Å². The molecule has 1 aromatic rings. The molecule has 5 heteroatoms. The number of pyridine rings is 1. The molecule has 3 rings (SSSR count). The number of aromatic carboxylic acids is 1. The van der Waals surface area contributed by atoms with E-state index in [4.69, 9.17) is 5.73 Å². The molecule has 0 radical (unpaired) electrons. The zero-order valence-electron chi connectivity index (χ0n) is 10.9. The number of aromatic nitrogens is 1. The molecular formula is C14H19N3O2. The molecule has 1 saturated heterocycles. The van der Waals surface area contributed by atoms with Crippen molar-refractivity contribution >= 4 is 17.5 Å². The Morgan fingerprint density at radius 1 is 1.37 bits per heavy atom. The van der Waals surface area contributed by atoms with Gasteiger partial charge in [0.2, 0.25) is 0 Å². The Labute approximate surface area is 112 Å². The van der Waals surface area contributed by atoms with Crippen molar-refractivity contribution in [1.29, 1.82) is 0 Å². The van der Waals surface area contributed by atoms with Crippen LogP contribution in [0.4, 0.5) is 11.5 Å². The highest BCUT2D eigenvalue weighted by molar-refractivity contribution is 5.94. The number of fused-ring (bicyclic) bond motifs is 1. The Hall–Kier alpha value is -1.78. The predicted octanol–water partition coefficient (Wildman–Crippen LogP) is 2.13. The van der Waals surface area contributed by atoms with E-state index >= 15 is 0 Å². The van der Waals surface area contributed by atoms with Crippen molar-refractivity contribution < 1.29 is 9.90 Å². The first-order valence-electron chi connectivity index (χ1n) is 6.92. The molecule has 1 aliphatic carbocycles. The van der Waals surface area contributed by atoms with Gasteiger partial charge in [0, 0.05) is 12.6 Å².